The second-order valence-corrected chi connectivity index (χ2v) is 5.18. The van der Waals surface area contributed by atoms with Gasteiger partial charge < -0.3 is 4.90 Å². The first-order chi connectivity index (χ1) is 9.20. The maximum atomic E-state index is 11.8. The molecule has 2 rings (SSSR count). The molecule has 1 aliphatic rings. The van der Waals surface area contributed by atoms with Crippen molar-refractivity contribution < 1.29 is 4.79 Å². The molecule has 1 aromatic heterocycles. The van der Waals surface area contributed by atoms with Crippen molar-refractivity contribution >= 4 is 5.91 Å². The number of carbonyl (C=O) groups excluding carboxylic acids is 1. The van der Waals surface area contributed by atoms with Crippen molar-refractivity contribution in [2.45, 2.75) is 39.3 Å². The van der Waals surface area contributed by atoms with Crippen LogP contribution in [0.5, 0.6) is 0 Å². The molecule has 4 nitrogen and oxygen atoms in total. The zero-order valence-electron chi connectivity index (χ0n) is 11.9. The summed E-state index contributed by atoms with van der Waals surface area (Å²) in [5.74, 6) is 0.153. The van der Waals surface area contributed by atoms with Gasteiger partial charge in [-0.2, -0.15) is 0 Å². The van der Waals surface area contributed by atoms with Gasteiger partial charge in [-0.05, 0) is 43.6 Å². The van der Waals surface area contributed by atoms with E-state index in [1.165, 1.54) is 19.4 Å². The van der Waals surface area contributed by atoms with Crippen molar-refractivity contribution in [2.75, 3.05) is 19.6 Å². The van der Waals surface area contributed by atoms with E-state index in [0.29, 0.717) is 12.6 Å². The van der Waals surface area contributed by atoms with Crippen LogP contribution in [0.25, 0.3) is 0 Å². The van der Waals surface area contributed by atoms with Crippen molar-refractivity contribution in [3.8, 4) is 0 Å². The normalized spacial score (nSPS) is 19.6. The highest BCUT2D eigenvalue weighted by Crippen LogP contribution is 2.18. The lowest BCUT2D eigenvalue weighted by Crippen LogP contribution is -2.41. The summed E-state index contributed by atoms with van der Waals surface area (Å²) in [4.78, 5) is 20.3. The Morgan fingerprint density at radius 2 is 2.21 bits per heavy atom. The molecule has 0 bridgehead atoms. The average molecular weight is 261 g/mol. The van der Waals surface area contributed by atoms with Gasteiger partial charge in [-0.15, -0.1) is 0 Å². The fourth-order valence-corrected chi connectivity index (χ4v) is 2.79. The summed E-state index contributed by atoms with van der Waals surface area (Å²) in [6.45, 7) is 7.62. The molecule has 19 heavy (non-hydrogen) atoms. The third-order valence-electron chi connectivity index (χ3n) is 3.90. The van der Waals surface area contributed by atoms with Crippen LogP contribution in [0.15, 0.2) is 24.5 Å². The molecule has 1 aromatic rings. The number of pyridine rings is 1. The van der Waals surface area contributed by atoms with Gasteiger partial charge in [0.2, 0.25) is 5.91 Å². The maximum Gasteiger partial charge on any atom is 0.219 e. The first-order valence-corrected chi connectivity index (χ1v) is 7.09. The van der Waals surface area contributed by atoms with E-state index in [1.54, 1.807) is 19.3 Å². The van der Waals surface area contributed by atoms with Crippen LogP contribution in [0, 0.1) is 0 Å². The average Bonchev–Trinajstić information content (AvgIpc) is 2.86. The van der Waals surface area contributed by atoms with Gasteiger partial charge in [-0.25, -0.2) is 0 Å². The number of likely N-dealkylation sites (N-methyl/N-ethyl adjacent to an activating group) is 1. The van der Waals surface area contributed by atoms with Crippen LogP contribution in [0.3, 0.4) is 0 Å². The van der Waals surface area contributed by atoms with Crippen LogP contribution in [-0.2, 0) is 11.3 Å². The molecule has 4 heteroatoms. The smallest absolute Gasteiger partial charge is 0.219 e. The fraction of sp³-hybridized carbons (Fsp3) is 0.600. The molecule has 104 valence electrons. The first-order valence-electron chi connectivity index (χ1n) is 7.09. The van der Waals surface area contributed by atoms with Crippen LogP contribution in [0.2, 0.25) is 0 Å². The van der Waals surface area contributed by atoms with Crippen molar-refractivity contribution in [1.82, 2.24) is 14.8 Å². The van der Waals surface area contributed by atoms with E-state index < -0.39 is 0 Å². The molecule has 1 atom stereocenters. The predicted molar refractivity (Wildman–Crippen MR) is 75.6 cm³/mol. The minimum absolute atomic E-state index is 0.153. The van der Waals surface area contributed by atoms with Crippen LogP contribution in [0.4, 0.5) is 0 Å². The lowest BCUT2D eigenvalue weighted by atomic mass is 10.2. The van der Waals surface area contributed by atoms with Crippen molar-refractivity contribution in [2.24, 2.45) is 0 Å². The largest absolute Gasteiger partial charge is 0.337 e. The summed E-state index contributed by atoms with van der Waals surface area (Å²) in [5.41, 5.74) is 1.14. The lowest BCUT2D eigenvalue weighted by Gasteiger charge is -2.29. The summed E-state index contributed by atoms with van der Waals surface area (Å²) in [5, 5.41) is 0. The van der Waals surface area contributed by atoms with Gasteiger partial charge >= 0.3 is 0 Å². The van der Waals surface area contributed by atoms with Gasteiger partial charge in [0.15, 0.2) is 0 Å². The van der Waals surface area contributed by atoms with E-state index in [1.807, 2.05) is 17.0 Å². The van der Waals surface area contributed by atoms with E-state index in [9.17, 15) is 4.79 Å². The van der Waals surface area contributed by atoms with Crippen molar-refractivity contribution in [1.29, 1.82) is 0 Å². The summed E-state index contributed by atoms with van der Waals surface area (Å²) < 4.78 is 0. The van der Waals surface area contributed by atoms with E-state index in [4.69, 9.17) is 0 Å². The molecule has 1 fully saturated rings. The Morgan fingerprint density at radius 1 is 1.47 bits per heavy atom. The highest BCUT2D eigenvalue weighted by molar-refractivity contribution is 5.73. The van der Waals surface area contributed by atoms with E-state index in [2.05, 4.69) is 16.8 Å². The van der Waals surface area contributed by atoms with Gasteiger partial charge in [0.1, 0.15) is 0 Å². The number of carbonyl (C=O) groups is 1. The monoisotopic (exact) mass is 261 g/mol. The van der Waals surface area contributed by atoms with Crippen molar-refractivity contribution in [3.63, 3.8) is 0 Å². The number of hydrogen-bond donors (Lipinski definition) is 0. The van der Waals surface area contributed by atoms with Crippen LogP contribution < -0.4 is 0 Å². The van der Waals surface area contributed by atoms with Gasteiger partial charge in [-0.3, -0.25) is 14.7 Å². The van der Waals surface area contributed by atoms with Crippen LogP contribution in [-0.4, -0.2) is 46.4 Å². The Bertz CT molecular complexity index is 407. The predicted octanol–water partition coefficient (Wildman–Crippen LogP) is 1.91. The topological polar surface area (TPSA) is 36.4 Å². The zero-order valence-corrected chi connectivity index (χ0v) is 11.9. The molecule has 0 aliphatic carbocycles. The molecule has 0 spiro atoms. The molecule has 0 saturated carbocycles. The standard InChI is InChI=1S/C15H23N3O/c1-3-17-10-4-5-15(17)12-18(13(2)19)11-14-6-8-16-9-7-14/h6-9,15H,3-5,10-12H2,1-2H3/t15-/m0/s1. The molecule has 0 radical (unpaired) electrons. The molecular formula is C15H23N3O. The number of likely N-dealkylation sites (tertiary alicyclic amines) is 1. The summed E-state index contributed by atoms with van der Waals surface area (Å²) in [7, 11) is 0. The molecular weight excluding hydrogens is 238 g/mol. The Labute approximate surface area is 115 Å². The Kier molecular flexibility index (Phi) is 4.91. The Hall–Kier alpha value is -1.42. The van der Waals surface area contributed by atoms with E-state index >= 15 is 0 Å². The molecule has 0 N–H and O–H groups in total. The SMILES string of the molecule is CCN1CCC[C@H]1CN(Cc1ccncc1)C(C)=O. The van der Waals surface area contributed by atoms with Gasteiger partial charge in [-0.1, -0.05) is 6.92 Å². The molecule has 0 unspecified atom stereocenters. The van der Waals surface area contributed by atoms with Crippen molar-refractivity contribution in [3.05, 3.63) is 30.1 Å². The third-order valence-corrected chi connectivity index (χ3v) is 3.90. The highest BCUT2D eigenvalue weighted by Gasteiger charge is 2.25. The number of hydrogen-bond acceptors (Lipinski definition) is 3. The summed E-state index contributed by atoms with van der Waals surface area (Å²) >= 11 is 0. The van der Waals surface area contributed by atoms with Crippen LogP contribution >= 0.6 is 0 Å². The fourth-order valence-electron chi connectivity index (χ4n) is 2.79. The van der Waals surface area contributed by atoms with Gasteiger partial charge in [0, 0.05) is 38.4 Å². The number of amides is 1. The first kappa shape index (κ1) is 14.0. The summed E-state index contributed by atoms with van der Waals surface area (Å²) in [6.07, 6.45) is 6.01. The molecule has 1 aliphatic heterocycles. The third kappa shape index (κ3) is 3.77. The number of aromatic nitrogens is 1. The maximum absolute atomic E-state index is 11.8. The molecule has 0 aromatic carbocycles. The number of rotatable bonds is 5. The lowest BCUT2D eigenvalue weighted by molar-refractivity contribution is -0.130. The number of nitrogens with zero attached hydrogens (tertiary/aromatic N) is 3. The highest BCUT2D eigenvalue weighted by atomic mass is 16.2. The molecule has 2 heterocycles. The zero-order chi connectivity index (χ0) is 13.7. The molecule has 1 saturated heterocycles. The van der Waals surface area contributed by atoms with Gasteiger partial charge in [0.25, 0.3) is 0 Å². The summed E-state index contributed by atoms with van der Waals surface area (Å²) in [6, 6.07) is 4.47. The van der Waals surface area contributed by atoms with E-state index in [-0.39, 0.29) is 5.91 Å². The molecule has 1 amide bonds. The quantitative estimate of drug-likeness (QED) is 0.812. The second kappa shape index (κ2) is 6.66. The Morgan fingerprint density at radius 3 is 2.84 bits per heavy atom. The minimum Gasteiger partial charge on any atom is -0.337 e. The van der Waals surface area contributed by atoms with E-state index in [0.717, 1.165) is 18.7 Å². The van der Waals surface area contributed by atoms with Crippen LogP contribution in [0.1, 0.15) is 32.3 Å². The second-order valence-electron chi connectivity index (χ2n) is 5.18. The minimum atomic E-state index is 0.153. The Balaban J connectivity index is 1.98. The van der Waals surface area contributed by atoms with Gasteiger partial charge in [0.05, 0.1) is 0 Å².